The van der Waals surface area contributed by atoms with Gasteiger partial charge in [0.15, 0.2) is 0 Å². The van der Waals surface area contributed by atoms with E-state index < -0.39 is 36.6 Å². The van der Waals surface area contributed by atoms with Gasteiger partial charge in [0.25, 0.3) is 0 Å². The number of amides is 2. The molecule has 0 spiro atoms. The lowest BCUT2D eigenvalue weighted by molar-refractivity contribution is -0.177. The zero-order valence-electron chi connectivity index (χ0n) is 12.1. The smallest absolute Gasteiger partial charge is 0.342 e. The molecule has 0 aliphatic carbocycles. The number of hydrogen-bond donors (Lipinski definition) is 1. The number of carbonyl (C=O) groups excluding carboxylic acids is 2. The number of halogens is 3. The van der Waals surface area contributed by atoms with E-state index in [2.05, 4.69) is 5.32 Å². The molecule has 0 aromatic rings. The van der Waals surface area contributed by atoms with E-state index in [-0.39, 0.29) is 11.8 Å². The maximum absolute atomic E-state index is 12.7. The molecule has 1 rings (SSSR count). The van der Waals surface area contributed by atoms with Crippen LogP contribution in [0.4, 0.5) is 13.2 Å². The first-order valence-electron chi connectivity index (χ1n) is 6.76. The molecule has 20 heavy (non-hydrogen) atoms. The van der Waals surface area contributed by atoms with Crippen molar-refractivity contribution in [2.45, 2.75) is 52.4 Å². The summed E-state index contributed by atoms with van der Waals surface area (Å²) in [5.41, 5.74) is 0. The van der Waals surface area contributed by atoms with Gasteiger partial charge in [0, 0.05) is 0 Å². The Hall–Kier alpha value is -1.27. The van der Waals surface area contributed by atoms with Gasteiger partial charge in [-0.15, -0.1) is 0 Å². The van der Waals surface area contributed by atoms with Crippen LogP contribution in [0, 0.1) is 11.8 Å². The zero-order valence-corrected chi connectivity index (χ0v) is 12.1. The van der Waals surface area contributed by atoms with Crippen molar-refractivity contribution in [2.24, 2.45) is 11.8 Å². The number of nitrogens with zero attached hydrogens (tertiary/aromatic N) is 1. The highest BCUT2D eigenvalue weighted by molar-refractivity contribution is 5.97. The van der Waals surface area contributed by atoms with Gasteiger partial charge in [0.1, 0.15) is 18.6 Å². The third-order valence-electron chi connectivity index (χ3n) is 3.65. The van der Waals surface area contributed by atoms with Crippen LogP contribution in [0.2, 0.25) is 0 Å². The van der Waals surface area contributed by atoms with Crippen LogP contribution in [-0.2, 0) is 9.59 Å². The molecule has 0 radical (unpaired) electrons. The maximum atomic E-state index is 12.7. The molecule has 3 unspecified atom stereocenters. The summed E-state index contributed by atoms with van der Waals surface area (Å²) in [6.45, 7) is 5.45. The van der Waals surface area contributed by atoms with Gasteiger partial charge >= 0.3 is 6.18 Å². The molecule has 0 saturated carbocycles. The summed E-state index contributed by atoms with van der Waals surface area (Å²) in [5.74, 6) is -1.72. The van der Waals surface area contributed by atoms with Crippen LogP contribution in [0.15, 0.2) is 0 Å². The molecule has 7 heteroatoms. The average molecular weight is 294 g/mol. The summed E-state index contributed by atoms with van der Waals surface area (Å²) >= 11 is 0. The van der Waals surface area contributed by atoms with Crippen molar-refractivity contribution in [1.82, 2.24) is 10.2 Å². The number of alkyl halides is 3. The highest BCUT2D eigenvalue weighted by Gasteiger charge is 2.47. The fraction of sp³-hybridized carbons (Fsp3) is 0.846. The van der Waals surface area contributed by atoms with E-state index in [9.17, 15) is 22.8 Å². The summed E-state index contributed by atoms with van der Waals surface area (Å²) in [6.07, 6.45) is -3.91. The van der Waals surface area contributed by atoms with Crippen molar-refractivity contribution in [3.05, 3.63) is 0 Å². The molecular formula is C13H21F3N2O2. The topological polar surface area (TPSA) is 49.4 Å². The molecule has 0 aromatic carbocycles. The van der Waals surface area contributed by atoms with Crippen LogP contribution in [0.3, 0.4) is 0 Å². The summed E-state index contributed by atoms with van der Waals surface area (Å²) in [6, 6.07) is -1.94. The highest BCUT2D eigenvalue weighted by Crippen LogP contribution is 2.26. The van der Waals surface area contributed by atoms with E-state index in [1.807, 2.05) is 6.92 Å². The summed E-state index contributed by atoms with van der Waals surface area (Å²) < 4.78 is 38.0. The van der Waals surface area contributed by atoms with Crippen molar-refractivity contribution in [1.29, 1.82) is 0 Å². The molecule has 1 heterocycles. The molecule has 1 N–H and O–H groups in total. The van der Waals surface area contributed by atoms with Crippen molar-refractivity contribution < 1.29 is 22.8 Å². The van der Waals surface area contributed by atoms with Crippen LogP contribution < -0.4 is 5.32 Å². The van der Waals surface area contributed by atoms with Crippen LogP contribution >= 0.6 is 0 Å². The number of piperazine rings is 1. The lowest BCUT2D eigenvalue weighted by atomic mass is 9.91. The second-order valence-electron chi connectivity index (χ2n) is 5.64. The zero-order chi connectivity index (χ0) is 15.7. The summed E-state index contributed by atoms with van der Waals surface area (Å²) in [7, 11) is 0. The Morgan fingerprint density at radius 1 is 1.25 bits per heavy atom. The summed E-state index contributed by atoms with van der Waals surface area (Å²) in [4.78, 5) is 25.0. The minimum Gasteiger partial charge on any atom is -0.342 e. The van der Waals surface area contributed by atoms with Gasteiger partial charge in [0.05, 0.1) is 0 Å². The third-order valence-corrected chi connectivity index (χ3v) is 3.65. The molecule has 4 nitrogen and oxygen atoms in total. The number of nitrogens with one attached hydrogen (secondary N) is 1. The van der Waals surface area contributed by atoms with Crippen LogP contribution in [0.5, 0.6) is 0 Å². The van der Waals surface area contributed by atoms with Gasteiger partial charge in [0.2, 0.25) is 11.8 Å². The van der Waals surface area contributed by atoms with Crippen LogP contribution in [0.1, 0.15) is 34.1 Å². The Labute approximate surface area is 116 Å². The maximum Gasteiger partial charge on any atom is 0.406 e. The SMILES string of the molecule is CCC(C)C1NC(=O)C(C(C)C)N(CC(F)(F)F)C1=O. The Bertz CT molecular complexity index is 382. The number of hydrogen-bond acceptors (Lipinski definition) is 2. The molecule has 116 valence electrons. The predicted octanol–water partition coefficient (Wildman–Crippen LogP) is 1.95. The largest absolute Gasteiger partial charge is 0.406 e. The van der Waals surface area contributed by atoms with E-state index >= 15 is 0 Å². The van der Waals surface area contributed by atoms with Gasteiger partial charge in [-0.05, 0) is 11.8 Å². The van der Waals surface area contributed by atoms with E-state index in [4.69, 9.17) is 0 Å². The quantitative estimate of drug-likeness (QED) is 0.861. The monoisotopic (exact) mass is 294 g/mol. The highest BCUT2D eigenvalue weighted by atomic mass is 19.4. The molecule has 1 fully saturated rings. The predicted molar refractivity (Wildman–Crippen MR) is 67.8 cm³/mol. The van der Waals surface area contributed by atoms with Gasteiger partial charge in [-0.3, -0.25) is 9.59 Å². The van der Waals surface area contributed by atoms with Crippen molar-refractivity contribution in [3.8, 4) is 0 Å². The Morgan fingerprint density at radius 2 is 1.80 bits per heavy atom. The summed E-state index contributed by atoms with van der Waals surface area (Å²) in [5, 5.41) is 2.57. The van der Waals surface area contributed by atoms with Gasteiger partial charge in [-0.2, -0.15) is 13.2 Å². The van der Waals surface area contributed by atoms with Gasteiger partial charge in [-0.1, -0.05) is 34.1 Å². The first-order valence-corrected chi connectivity index (χ1v) is 6.76. The van der Waals surface area contributed by atoms with Gasteiger partial charge < -0.3 is 10.2 Å². The first-order chi connectivity index (χ1) is 9.08. The van der Waals surface area contributed by atoms with E-state index in [0.29, 0.717) is 11.3 Å². The fourth-order valence-electron chi connectivity index (χ4n) is 2.41. The fourth-order valence-corrected chi connectivity index (χ4v) is 2.41. The van der Waals surface area contributed by atoms with Crippen molar-refractivity contribution in [2.75, 3.05) is 6.54 Å². The van der Waals surface area contributed by atoms with Crippen LogP contribution in [-0.4, -0.2) is 41.5 Å². The van der Waals surface area contributed by atoms with Crippen molar-refractivity contribution >= 4 is 11.8 Å². The average Bonchev–Trinajstić information content (AvgIpc) is 2.30. The number of carbonyl (C=O) groups is 2. The molecule has 1 aliphatic heterocycles. The molecule has 3 atom stereocenters. The van der Waals surface area contributed by atoms with Crippen LogP contribution in [0.25, 0.3) is 0 Å². The second kappa shape index (κ2) is 6.01. The van der Waals surface area contributed by atoms with Crippen molar-refractivity contribution in [3.63, 3.8) is 0 Å². The lowest BCUT2D eigenvalue weighted by Crippen LogP contribution is -2.67. The minimum atomic E-state index is -4.51. The second-order valence-corrected chi connectivity index (χ2v) is 5.64. The van der Waals surface area contributed by atoms with E-state index in [1.165, 1.54) is 0 Å². The molecule has 0 aromatic heterocycles. The Balaban J connectivity index is 3.07. The van der Waals surface area contributed by atoms with E-state index in [1.54, 1.807) is 20.8 Å². The Morgan fingerprint density at radius 3 is 2.20 bits per heavy atom. The third kappa shape index (κ3) is 3.64. The molecular weight excluding hydrogens is 273 g/mol. The standard InChI is InChI=1S/C13H21F3N2O2/c1-5-8(4)9-12(20)18(6-13(14,15)16)10(7(2)3)11(19)17-9/h7-10H,5-6H2,1-4H3,(H,17,19). The molecule has 1 saturated heterocycles. The molecule has 0 bridgehead atoms. The normalized spacial score (nSPS) is 25.9. The molecule has 2 amide bonds. The molecule has 1 aliphatic rings. The minimum absolute atomic E-state index is 0.199. The van der Waals surface area contributed by atoms with E-state index in [0.717, 1.165) is 0 Å². The first kappa shape index (κ1) is 16.8. The lowest BCUT2D eigenvalue weighted by Gasteiger charge is -2.42. The van der Waals surface area contributed by atoms with Gasteiger partial charge in [-0.25, -0.2) is 0 Å². The Kier molecular flexibility index (Phi) is 5.05. The number of rotatable bonds is 4.